The van der Waals surface area contributed by atoms with Crippen LogP contribution in [0.3, 0.4) is 0 Å². The average Bonchev–Trinajstić information content (AvgIpc) is 3.04. The lowest BCUT2D eigenvalue weighted by Gasteiger charge is -2.40. The van der Waals surface area contributed by atoms with Gasteiger partial charge in [0.25, 0.3) is 5.91 Å². The summed E-state index contributed by atoms with van der Waals surface area (Å²) in [6, 6.07) is 0.311. The van der Waals surface area contributed by atoms with Crippen molar-refractivity contribution >= 4 is 28.3 Å². The maximum atomic E-state index is 12.6. The summed E-state index contributed by atoms with van der Waals surface area (Å²) in [5.74, 6) is 0.355. The van der Waals surface area contributed by atoms with Crippen molar-refractivity contribution in [2.45, 2.75) is 45.1 Å². The molecule has 0 unspecified atom stereocenters. The Hall–Kier alpha value is -1.63. The van der Waals surface area contributed by atoms with Crippen LogP contribution in [-0.2, 0) is 4.79 Å². The number of hydrogen-bond donors (Lipinski definition) is 1. The standard InChI is InChI=1S/C16H24N4O2S/c1-2-17-16-18-11-13(23-16)15(22)19-9-6-12(7-10-19)20-8-4-3-5-14(20)21/h11-12H,2-10H2,1H3,(H,17,18). The van der Waals surface area contributed by atoms with Crippen LogP contribution in [0.5, 0.6) is 0 Å². The molecule has 1 aromatic heterocycles. The van der Waals surface area contributed by atoms with E-state index in [2.05, 4.69) is 10.3 Å². The SMILES string of the molecule is CCNc1ncc(C(=O)N2CCC(N3CCCCC3=O)CC2)s1. The van der Waals surface area contributed by atoms with Gasteiger partial charge in [-0.05, 0) is 32.6 Å². The fourth-order valence-corrected chi connectivity index (χ4v) is 4.21. The lowest BCUT2D eigenvalue weighted by molar-refractivity contribution is -0.136. The highest BCUT2D eigenvalue weighted by Crippen LogP contribution is 2.25. The molecule has 2 aliphatic heterocycles. The zero-order valence-corrected chi connectivity index (χ0v) is 14.4. The quantitative estimate of drug-likeness (QED) is 0.915. The summed E-state index contributed by atoms with van der Waals surface area (Å²) in [6.07, 6.45) is 6.25. The van der Waals surface area contributed by atoms with Crippen molar-refractivity contribution in [2.75, 3.05) is 31.5 Å². The molecule has 0 radical (unpaired) electrons. The van der Waals surface area contributed by atoms with Gasteiger partial charge in [0.05, 0.1) is 6.20 Å². The minimum atomic E-state index is 0.0649. The maximum absolute atomic E-state index is 12.6. The zero-order valence-electron chi connectivity index (χ0n) is 13.6. The van der Waals surface area contributed by atoms with Crippen LogP contribution in [0.25, 0.3) is 0 Å². The Morgan fingerprint density at radius 3 is 2.83 bits per heavy atom. The number of amides is 2. The molecule has 2 fully saturated rings. The molecule has 1 aromatic rings. The Morgan fingerprint density at radius 2 is 2.13 bits per heavy atom. The van der Waals surface area contributed by atoms with Crippen LogP contribution in [0.2, 0.25) is 0 Å². The molecular weight excluding hydrogens is 312 g/mol. The molecule has 0 saturated carbocycles. The number of nitrogens with zero attached hydrogens (tertiary/aromatic N) is 3. The predicted molar refractivity (Wildman–Crippen MR) is 90.8 cm³/mol. The van der Waals surface area contributed by atoms with E-state index in [0.29, 0.717) is 23.2 Å². The molecule has 0 bridgehead atoms. The van der Waals surface area contributed by atoms with Crippen molar-refractivity contribution < 1.29 is 9.59 Å². The summed E-state index contributed by atoms with van der Waals surface area (Å²) in [5, 5.41) is 3.93. The topological polar surface area (TPSA) is 65.5 Å². The highest BCUT2D eigenvalue weighted by atomic mass is 32.1. The number of hydrogen-bond acceptors (Lipinski definition) is 5. The first-order valence-corrected chi connectivity index (χ1v) is 9.29. The normalized spacial score (nSPS) is 20.0. The number of piperidine rings is 2. The van der Waals surface area contributed by atoms with Crippen molar-refractivity contribution in [3.05, 3.63) is 11.1 Å². The fraction of sp³-hybridized carbons (Fsp3) is 0.688. The van der Waals surface area contributed by atoms with Gasteiger partial charge in [-0.25, -0.2) is 4.98 Å². The predicted octanol–water partition coefficient (Wildman–Crippen LogP) is 2.19. The van der Waals surface area contributed by atoms with Gasteiger partial charge in [0, 0.05) is 38.6 Å². The van der Waals surface area contributed by atoms with Crippen LogP contribution < -0.4 is 5.32 Å². The van der Waals surface area contributed by atoms with E-state index in [1.807, 2.05) is 16.7 Å². The fourth-order valence-electron chi connectivity index (χ4n) is 3.36. The highest BCUT2D eigenvalue weighted by molar-refractivity contribution is 7.17. The van der Waals surface area contributed by atoms with Gasteiger partial charge < -0.3 is 15.1 Å². The number of carbonyl (C=O) groups excluding carboxylic acids is 2. The Morgan fingerprint density at radius 1 is 1.35 bits per heavy atom. The summed E-state index contributed by atoms with van der Waals surface area (Å²) >= 11 is 1.41. The van der Waals surface area contributed by atoms with Gasteiger partial charge in [0.2, 0.25) is 5.91 Å². The van der Waals surface area contributed by atoms with E-state index in [4.69, 9.17) is 0 Å². The molecule has 6 nitrogen and oxygen atoms in total. The van der Waals surface area contributed by atoms with Gasteiger partial charge in [-0.15, -0.1) is 0 Å². The number of rotatable bonds is 4. The third-order valence-electron chi connectivity index (χ3n) is 4.60. The van der Waals surface area contributed by atoms with Gasteiger partial charge in [-0.2, -0.15) is 0 Å². The number of thiazole rings is 1. The van der Waals surface area contributed by atoms with E-state index in [-0.39, 0.29) is 5.91 Å². The van der Waals surface area contributed by atoms with E-state index in [1.54, 1.807) is 6.20 Å². The number of carbonyl (C=O) groups is 2. The largest absolute Gasteiger partial charge is 0.362 e. The molecule has 3 rings (SSSR count). The molecule has 2 amide bonds. The van der Waals surface area contributed by atoms with E-state index in [1.165, 1.54) is 11.3 Å². The minimum absolute atomic E-state index is 0.0649. The molecule has 126 valence electrons. The molecule has 1 N–H and O–H groups in total. The van der Waals surface area contributed by atoms with Crippen molar-refractivity contribution in [3.63, 3.8) is 0 Å². The Bertz CT molecular complexity index is 566. The lowest BCUT2D eigenvalue weighted by atomic mass is 9.99. The number of likely N-dealkylation sites (tertiary alicyclic amines) is 2. The summed E-state index contributed by atoms with van der Waals surface area (Å²) in [5.41, 5.74) is 0. The number of anilines is 1. The van der Waals surface area contributed by atoms with E-state index in [9.17, 15) is 9.59 Å². The Labute approximate surface area is 140 Å². The Balaban J connectivity index is 1.55. The van der Waals surface area contributed by atoms with Gasteiger partial charge >= 0.3 is 0 Å². The molecule has 0 spiro atoms. The highest BCUT2D eigenvalue weighted by Gasteiger charge is 2.31. The molecule has 7 heteroatoms. The molecule has 0 atom stereocenters. The second-order valence-electron chi connectivity index (χ2n) is 6.13. The summed E-state index contributed by atoms with van der Waals surface area (Å²) in [6.45, 7) is 5.15. The van der Waals surface area contributed by atoms with Crippen molar-refractivity contribution in [1.82, 2.24) is 14.8 Å². The van der Waals surface area contributed by atoms with Gasteiger partial charge in [0.15, 0.2) is 5.13 Å². The summed E-state index contributed by atoms with van der Waals surface area (Å²) in [7, 11) is 0. The lowest BCUT2D eigenvalue weighted by Crippen LogP contribution is -2.50. The van der Waals surface area contributed by atoms with E-state index in [0.717, 1.165) is 57.0 Å². The van der Waals surface area contributed by atoms with Crippen molar-refractivity contribution in [1.29, 1.82) is 0 Å². The third-order valence-corrected chi connectivity index (χ3v) is 5.54. The van der Waals surface area contributed by atoms with Crippen LogP contribution in [0, 0.1) is 0 Å². The maximum Gasteiger partial charge on any atom is 0.265 e. The second kappa shape index (κ2) is 7.29. The van der Waals surface area contributed by atoms with Crippen LogP contribution in [0.4, 0.5) is 5.13 Å². The number of nitrogens with one attached hydrogen (secondary N) is 1. The third kappa shape index (κ3) is 3.65. The average molecular weight is 336 g/mol. The first-order chi connectivity index (χ1) is 11.2. The zero-order chi connectivity index (χ0) is 16.2. The van der Waals surface area contributed by atoms with Crippen LogP contribution >= 0.6 is 11.3 Å². The molecule has 2 saturated heterocycles. The Kier molecular flexibility index (Phi) is 5.15. The molecular formula is C16H24N4O2S. The van der Waals surface area contributed by atoms with Crippen LogP contribution in [0.15, 0.2) is 6.20 Å². The first-order valence-electron chi connectivity index (χ1n) is 8.47. The number of aromatic nitrogens is 1. The molecule has 23 heavy (non-hydrogen) atoms. The van der Waals surface area contributed by atoms with Gasteiger partial charge in [-0.1, -0.05) is 11.3 Å². The van der Waals surface area contributed by atoms with Crippen LogP contribution in [-0.4, -0.2) is 58.8 Å². The molecule has 0 aromatic carbocycles. The monoisotopic (exact) mass is 336 g/mol. The van der Waals surface area contributed by atoms with Gasteiger partial charge in [-0.3, -0.25) is 9.59 Å². The van der Waals surface area contributed by atoms with E-state index >= 15 is 0 Å². The second-order valence-corrected chi connectivity index (χ2v) is 7.16. The molecule has 2 aliphatic rings. The van der Waals surface area contributed by atoms with Crippen molar-refractivity contribution in [3.8, 4) is 0 Å². The molecule has 0 aliphatic carbocycles. The van der Waals surface area contributed by atoms with Crippen LogP contribution in [0.1, 0.15) is 48.7 Å². The smallest absolute Gasteiger partial charge is 0.265 e. The van der Waals surface area contributed by atoms with Gasteiger partial charge in [0.1, 0.15) is 4.88 Å². The van der Waals surface area contributed by atoms with E-state index < -0.39 is 0 Å². The first kappa shape index (κ1) is 16.2. The molecule has 3 heterocycles. The van der Waals surface area contributed by atoms with Crippen molar-refractivity contribution in [2.24, 2.45) is 0 Å². The summed E-state index contributed by atoms with van der Waals surface area (Å²) < 4.78 is 0. The summed E-state index contributed by atoms with van der Waals surface area (Å²) in [4.78, 5) is 33.4. The minimum Gasteiger partial charge on any atom is -0.362 e.